The van der Waals surface area contributed by atoms with Gasteiger partial charge in [-0.25, -0.2) is 4.98 Å². The molecule has 2 aromatic rings. The maximum Gasteiger partial charge on any atom is 0.256 e. The number of carbonyl (C=O) groups is 1. The number of pyridine rings is 1. The number of anilines is 1. The molecule has 0 fully saturated rings. The fourth-order valence-electron chi connectivity index (χ4n) is 1.63. The summed E-state index contributed by atoms with van der Waals surface area (Å²) in [5, 5.41) is 2.76. The van der Waals surface area contributed by atoms with Gasteiger partial charge in [-0.2, -0.15) is 0 Å². The molecular weight excluding hydrogens is 226 g/mol. The van der Waals surface area contributed by atoms with Crippen LogP contribution in [0.5, 0.6) is 0 Å². The lowest BCUT2D eigenvalue weighted by molar-refractivity contribution is 0.102. The van der Waals surface area contributed by atoms with Crippen LogP contribution in [0.4, 0.5) is 5.82 Å². The number of aromatic nitrogens is 1. The monoisotopic (exact) mass is 241 g/mol. The highest BCUT2D eigenvalue weighted by atomic mass is 16.1. The van der Waals surface area contributed by atoms with E-state index in [1.807, 2.05) is 31.2 Å². The van der Waals surface area contributed by atoms with Gasteiger partial charge in [0.05, 0.1) is 0 Å². The van der Waals surface area contributed by atoms with Gasteiger partial charge in [-0.3, -0.25) is 4.79 Å². The third kappa shape index (κ3) is 2.93. The predicted octanol–water partition coefficient (Wildman–Crippen LogP) is 2.10. The number of rotatable bonds is 3. The molecule has 0 aliphatic heterocycles. The van der Waals surface area contributed by atoms with Crippen LogP contribution in [0.25, 0.3) is 0 Å². The van der Waals surface area contributed by atoms with Crippen molar-refractivity contribution in [1.82, 2.24) is 4.98 Å². The third-order valence-electron chi connectivity index (χ3n) is 2.58. The Balaban J connectivity index is 2.16. The Hall–Kier alpha value is -2.20. The van der Waals surface area contributed by atoms with Crippen molar-refractivity contribution in [3.8, 4) is 0 Å². The molecule has 3 N–H and O–H groups in total. The van der Waals surface area contributed by atoms with Crippen LogP contribution in [0.3, 0.4) is 0 Å². The summed E-state index contributed by atoms with van der Waals surface area (Å²) in [4.78, 5) is 16.1. The number of carbonyl (C=O) groups excluding carboxylic acids is 1. The van der Waals surface area contributed by atoms with Crippen molar-refractivity contribution in [2.24, 2.45) is 5.73 Å². The number of amides is 1. The number of benzene rings is 1. The zero-order valence-electron chi connectivity index (χ0n) is 10.2. The SMILES string of the molecule is Cc1ccnc(NC(=O)c2cccc(CN)c2)c1. The molecule has 18 heavy (non-hydrogen) atoms. The number of nitrogens with two attached hydrogens (primary N) is 1. The van der Waals surface area contributed by atoms with Gasteiger partial charge < -0.3 is 11.1 Å². The molecular formula is C14H15N3O. The first-order valence-corrected chi connectivity index (χ1v) is 5.72. The molecule has 4 nitrogen and oxygen atoms in total. The molecule has 1 amide bonds. The molecule has 0 atom stereocenters. The van der Waals surface area contributed by atoms with Crippen molar-refractivity contribution in [3.63, 3.8) is 0 Å². The molecule has 0 saturated heterocycles. The minimum atomic E-state index is -0.177. The van der Waals surface area contributed by atoms with E-state index in [-0.39, 0.29) is 5.91 Å². The number of nitrogens with one attached hydrogen (secondary N) is 1. The third-order valence-corrected chi connectivity index (χ3v) is 2.58. The van der Waals surface area contributed by atoms with Gasteiger partial charge in [-0.05, 0) is 42.3 Å². The molecule has 4 heteroatoms. The van der Waals surface area contributed by atoms with Crippen LogP contribution < -0.4 is 11.1 Å². The second kappa shape index (κ2) is 5.42. The lowest BCUT2D eigenvalue weighted by Gasteiger charge is -2.06. The van der Waals surface area contributed by atoms with Crippen molar-refractivity contribution in [3.05, 3.63) is 59.3 Å². The molecule has 1 heterocycles. The average Bonchev–Trinajstić information content (AvgIpc) is 2.39. The first-order chi connectivity index (χ1) is 8.69. The molecule has 0 bridgehead atoms. The quantitative estimate of drug-likeness (QED) is 0.864. The molecule has 0 saturated carbocycles. The summed E-state index contributed by atoms with van der Waals surface area (Å²) in [5.41, 5.74) is 8.11. The van der Waals surface area contributed by atoms with Crippen molar-refractivity contribution in [1.29, 1.82) is 0 Å². The summed E-state index contributed by atoms with van der Waals surface area (Å²) in [7, 11) is 0. The Morgan fingerprint density at radius 2 is 2.17 bits per heavy atom. The number of nitrogens with zero attached hydrogens (tertiary/aromatic N) is 1. The van der Waals surface area contributed by atoms with E-state index in [0.29, 0.717) is 17.9 Å². The maximum atomic E-state index is 12.0. The van der Waals surface area contributed by atoms with Crippen LogP contribution in [0.1, 0.15) is 21.5 Å². The van der Waals surface area contributed by atoms with Gasteiger partial charge in [0.2, 0.25) is 0 Å². The van der Waals surface area contributed by atoms with Gasteiger partial charge in [0, 0.05) is 18.3 Å². The van der Waals surface area contributed by atoms with E-state index in [1.165, 1.54) is 0 Å². The number of hydrogen-bond donors (Lipinski definition) is 2. The van der Waals surface area contributed by atoms with Crippen molar-refractivity contribution >= 4 is 11.7 Å². The summed E-state index contributed by atoms with van der Waals surface area (Å²) in [6.45, 7) is 2.37. The number of hydrogen-bond acceptors (Lipinski definition) is 3. The summed E-state index contributed by atoms with van der Waals surface area (Å²) in [6.07, 6.45) is 1.67. The van der Waals surface area contributed by atoms with Gasteiger partial charge in [-0.1, -0.05) is 12.1 Å². The minimum absolute atomic E-state index is 0.177. The van der Waals surface area contributed by atoms with Crippen LogP contribution in [-0.4, -0.2) is 10.9 Å². The van der Waals surface area contributed by atoms with E-state index in [4.69, 9.17) is 5.73 Å². The first kappa shape index (κ1) is 12.3. The van der Waals surface area contributed by atoms with Gasteiger partial charge >= 0.3 is 0 Å². The van der Waals surface area contributed by atoms with Crippen LogP contribution in [0, 0.1) is 6.92 Å². The summed E-state index contributed by atoms with van der Waals surface area (Å²) in [6, 6.07) is 11.0. The largest absolute Gasteiger partial charge is 0.326 e. The van der Waals surface area contributed by atoms with Crippen LogP contribution in [0.15, 0.2) is 42.6 Å². The molecule has 1 aromatic heterocycles. The van der Waals surface area contributed by atoms with Crippen LogP contribution >= 0.6 is 0 Å². The maximum absolute atomic E-state index is 12.0. The fourth-order valence-corrected chi connectivity index (χ4v) is 1.63. The smallest absolute Gasteiger partial charge is 0.256 e. The first-order valence-electron chi connectivity index (χ1n) is 5.72. The van der Waals surface area contributed by atoms with Gasteiger partial charge in [0.15, 0.2) is 0 Å². The average molecular weight is 241 g/mol. The summed E-state index contributed by atoms with van der Waals surface area (Å²) < 4.78 is 0. The van der Waals surface area contributed by atoms with Gasteiger partial charge in [0.25, 0.3) is 5.91 Å². The molecule has 0 spiro atoms. The molecule has 92 valence electrons. The molecule has 0 aliphatic carbocycles. The highest BCUT2D eigenvalue weighted by Gasteiger charge is 2.07. The number of aryl methyl sites for hydroxylation is 1. The zero-order valence-corrected chi connectivity index (χ0v) is 10.2. The molecule has 0 unspecified atom stereocenters. The van der Waals surface area contributed by atoms with E-state index in [0.717, 1.165) is 11.1 Å². The Bertz CT molecular complexity index is 566. The van der Waals surface area contributed by atoms with Crippen molar-refractivity contribution in [2.45, 2.75) is 13.5 Å². The Labute approximate surface area is 106 Å². The van der Waals surface area contributed by atoms with E-state index in [9.17, 15) is 4.79 Å². The minimum Gasteiger partial charge on any atom is -0.326 e. The molecule has 1 aromatic carbocycles. The van der Waals surface area contributed by atoms with Crippen molar-refractivity contribution < 1.29 is 4.79 Å². The second-order valence-electron chi connectivity index (χ2n) is 4.08. The highest BCUT2D eigenvalue weighted by Crippen LogP contribution is 2.09. The zero-order chi connectivity index (χ0) is 13.0. The Morgan fingerprint density at radius 3 is 2.89 bits per heavy atom. The summed E-state index contributed by atoms with van der Waals surface area (Å²) in [5.74, 6) is 0.376. The topological polar surface area (TPSA) is 68.0 Å². The standard InChI is InChI=1S/C14H15N3O/c1-10-5-6-16-13(7-10)17-14(18)12-4-2-3-11(8-12)9-15/h2-8H,9,15H2,1H3,(H,16,17,18). The molecule has 0 aliphatic rings. The van der Waals surface area contributed by atoms with E-state index in [1.54, 1.807) is 18.3 Å². The highest BCUT2D eigenvalue weighted by molar-refractivity contribution is 6.03. The van der Waals surface area contributed by atoms with Crippen molar-refractivity contribution in [2.75, 3.05) is 5.32 Å². The fraction of sp³-hybridized carbons (Fsp3) is 0.143. The predicted molar refractivity (Wildman–Crippen MR) is 71.3 cm³/mol. The lowest BCUT2D eigenvalue weighted by Crippen LogP contribution is -2.13. The van der Waals surface area contributed by atoms with Gasteiger partial charge in [-0.15, -0.1) is 0 Å². The van der Waals surface area contributed by atoms with Crippen LogP contribution in [-0.2, 0) is 6.54 Å². The molecule has 0 radical (unpaired) electrons. The second-order valence-corrected chi connectivity index (χ2v) is 4.08. The molecule has 2 rings (SSSR count). The Morgan fingerprint density at radius 1 is 1.33 bits per heavy atom. The lowest BCUT2D eigenvalue weighted by atomic mass is 10.1. The summed E-state index contributed by atoms with van der Waals surface area (Å²) >= 11 is 0. The van der Waals surface area contributed by atoms with E-state index < -0.39 is 0 Å². The normalized spacial score (nSPS) is 10.1. The van der Waals surface area contributed by atoms with E-state index in [2.05, 4.69) is 10.3 Å². The Kier molecular flexibility index (Phi) is 3.69. The van der Waals surface area contributed by atoms with E-state index >= 15 is 0 Å². The van der Waals surface area contributed by atoms with Crippen LogP contribution in [0.2, 0.25) is 0 Å². The van der Waals surface area contributed by atoms with Gasteiger partial charge in [0.1, 0.15) is 5.82 Å².